The zero-order chi connectivity index (χ0) is 26.6. The molecule has 1 saturated heterocycles. The Hall–Kier alpha value is -4.98. The van der Waals surface area contributed by atoms with Crippen LogP contribution in [0.25, 0.3) is 16.8 Å². The van der Waals surface area contributed by atoms with Crippen molar-refractivity contribution in [3.8, 4) is 11.5 Å². The van der Waals surface area contributed by atoms with E-state index in [9.17, 15) is 18.8 Å². The lowest BCUT2D eigenvalue weighted by Crippen LogP contribution is -2.54. The second kappa shape index (κ2) is 10.6. The number of ether oxygens (including phenoxy) is 2. The molecule has 0 bridgehead atoms. The maximum absolute atomic E-state index is 13.3. The van der Waals surface area contributed by atoms with Crippen LogP contribution >= 0.6 is 0 Å². The largest absolute Gasteiger partial charge is 0.490 e. The van der Waals surface area contributed by atoms with E-state index < -0.39 is 23.7 Å². The van der Waals surface area contributed by atoms with Crippen LogP contribution in [0.4, 0.5) is 14.9 Å². The summed E-state index contributed by atoms with van der Waals surface area (Å²) >= 11 is 0. The highest BCUT2D eigenvalue weighted by molar-refractivity contribution is 6.39. The number of carbonyl (C=O) groups is 3. The number of amides is 4. The molecule has 0 aliphatic carbocycles. The smallest absolute Gasteiger partial charge is 0.335 e. The van der Waals surface area contributed by atoms with Gasteiger partial charge < -0.3 is 9.47 Å². The minimum atomic E-state index is -0.907. The quantitative estimate of drug-likeness (QED) is 0.258. The average molecular weight is 511 g/mol. The van der Waals surface area contributed by atoms with Crippen molar-refractivity contribution in [2.45, 2.75) is 13.5 Å². The molecule has 1 aliphatic rings. The standard InChI is InChI=1S/C30H23FN2O5/c1-2-37-27-17-19(10-15-26(27)38-18-21-8-5-7-20-6-3-4-9-24(20)21)16-25-28(34)32-30(36)33(29(25)35)23-13-11-22(31)12-14-23/h3-17H,2,18H2,1H3,(H,32,34,36)/b25-16+. The summed E-state index contributed by atoms with van der Waals surface area (Å²) in [6, 6.07) is 23.0. The zero-order valence-electron chi connectivity index (χ0n) is 20.4. The summed E-state index contributed by atoms with van der Waals surface area (Å²) in [6.07, 6.45) is 1.37. The van der Waals surface area contributed by atoms with Gasteiger partial charge in [0.25, 0.3) is 11.8 Å². The van der Waals surface area contributed by atoms with Crippen LogP contribution in [-0.2, 0) is 16.2 Å². The fourth-order valence-corrected chi connectivity index (χ4v) is 4.22. The fraction of sp³-hybridized carbons (Fsp3) is 0.100. The zero-order valence-corrected chi connectivity index (χ0v) is 20.4. The Morgan fingerprint density at radius 1 is 0.868 bits per heavy atom. The van der Waals surface area contributed by atoms with Crippen molar-refractivity contribution in [2.24, 2.45) is 0 Å². The van der Waals surface area contributed by atoms with Crippen LogP contribution in [0.5, 0.6) is 11.5 Å². The second-order valence-electron chi connectivity index (χ2n) is 8.50. The van der Waals surface area contributed by atoms with Crippen molar-refractivity contribution >= 4 is 40.4 Å². The van der Waals surface area contributed by atoms with Gasteiger partial charge in [0.05, 0.1) is 12.3 Å². The van der Waals surface area contributed by atoms with Crippen LogP contribution in [0.3, 0.4) is 0 Å². The van der Waals surface area contributed by atoms with E-state index in [-0.39, 0.29) is 11.3 Å². The number of imide groups is 2. The van der Waals surface area contributed by atoms with Crippen LogP contribution in [0.1, 0.15) is 18.1 Å². The third-order valence-corrected chi connectivity index (χ3v) is 6.03. The van der Waals surface area contributed by atoms with Gasteiger partial charge >= 0.3 is 6.03 Å². The molecule has 190 valence electrons. The third kappa shape index (κ3) is 4.97. The van der Waals surface area contributed by atoms with E-state index in [1.54, 1.807) is 18.2 Å². The second-order valence-corrected chi connectivity index (χ2v) is 8.50. The van der Waals surface area contributed by atoms with Gasteiger partial charge in [-0.2, -0.15) is 0 Å². The van der Waals surface area contributed by atoms with Crippen LogP contribution in [0.2, 0.25) is 0 Å². The van der Waals surface area contributed by atoms with E-state index in [2.05, 4.69) is 5.32 Å². The Bertz CT molecular complexity index is 1570. The van der Waals surface area contributed by atoms with Crippen molar-refractivity contribution in [3.63, 3.8) is 0 Å². The van der Waals surface area contributed by atoms with Crippen LogP contribution in [0, 0.1) is 5.82 Å². The molecule has 1 N–H and O–H groups in total. The summed E-state index contributed by atoms with van der Waals surface area (Å²) in [7, 11) is 0. The summed E-state index contributed by atoms with van der Waals surface area (Å²) in [6.45, 7) is 2.53. The number of halogens is 1. The maximum Gasteiger partial charge on any atom is 0.335 e. The van der Waals surface area contributed by atoms with Crippen molar-refractivity contribution in [2.75, 3.05) is 11.5 Å². The Morgan fingerprint density at radius 2 is 1.63 bits per heavy atom. The molecule has 8 heteroatoms. The van der Waals surface area contributed by atoms with Crippen molar-refractivity contribution in [1.82, 2.24) is 5.32 Å². The Balaban J connectivity index is 1.42. The molecule has 0 spiro atoms. The molecular weight excluding hydrogens is 487 g/mol. The molecule has 0 unspecified atom stereocenters. The van der Waals surface area contributed by atoms with Gasteiger partial charge in [0.15, 0.2) is 11.5 Å². The lowest BCUT2D eigenvalue weighted by molar-refractivity contribution is -0.122. The normalized spacial score (nSPS) is 14.6. The van der Waals surface area contributed by atoms with Gasteiger partial charge in [-0.15, -0.1) is 0 Å². The number of hydrogen-bond acceptors (Lipinski definition) is 5. The average Bonchev–Trinajstić information content (AvgIpc) is 2.91. The van der Waals surface area contributed by atoms with Crippen molar-refractivity contribution < 1.29 is 28.2 Å². The number of fused-ring (bicyclic) bond motifs is 1. The maximum atomic E-state index is 13.3. The number of carbonyl (C=O) groups excluding carboxylic acids is 3. The van der Waals surface area contributed by atoms with Gasteiger partial charge in [-0.3, -0.25) is 14.9 Å². The van der Waals surface area contributed by atoms with E-state index in [0.29, 0.717) is 30.3 Å². The molecule has 0 saturated carbocycles. The van der Waals surface area contributed by atoms with E-state index in [1.165, 1.54) is 18.2 Å². The van der Waals surface area contributed by atoms with Crippen molar-refractivity contribution in [3.05, 3.63) is 107 Å². The Labute approximate surface area is 218 Å². The van der Waals surface area contributed by atoms with E-state index in [4.69, 9.17) is 9.47 Å². The van der Waals surface area contributed by atoms with Gasteiger partial charge in [0.1, 0.15) is 18.0 Å². The summed E-state index contributed by atoms with van der Waals surface area (Å²) in [5.41, 5.74) is 1.41. The van der Waals surface area contributed by atoms with Gasteiger partial charge in [0.2, 0.25) is 0 Å². The molecule has 1 fully saturated rings. The number of benzene rings is 4. The predicted octanol–water partition coefficient (Wildman–Crippen LogP) is 5.62. The minimum Gasteiger partial charge on any atom is -0.490 e. The van der Waals surface area contributed by atoms with Gasteiger partial charge in [-0.1, -0.05) is 48.5 Å². The number of nitrogens with zero attached hydrogens (tertiary/aromatic N) is 1. The molecule has 1 aliphatic heterocycles. The molecule has 4 aromatic rings. The highest BCUT2D eigenvalue weighted by Gasteiger charge is 2.36. The molecule has 1 heterocycles. The molecule has 7 nitrogen and oxygen atoms in total. The Morgan fingerprint density at radius 3 is 2.42 bits per heavy atom. The first-order chi connectivity index (χ1) is 18.4. The number of hydrogen-bond donors (Lipinski definition) is 1. The van der Waals surface area contributed by atoms with Crippen LogP contribution in [0.15, 0.2) is 90.5 Å². The summed E-state index contributed by atoms with van der Waals surface area (Å²) in [4.78, 5) is 38.8. The molecule has 5 rings (SSSR count). The first-order valence-corrected chi connectivity index (χ1v) is 12.0. The highest BCUT2D eigenvalue weighted by Crippen LogP contribution is 2.32. The SMILES string of the molecule is CCOc1cc(/C=C2\C(=O)NC(=O)N(c3ccc(F)cc3)C2=O)ccc1OCc1cccc2ccccc12. The monoisotopic (exact) mass is 510 g/mol. The van der Waals surface area contributed by atoms with Crippen LogP contribution in [-0.4, -0.2) is 24.5 Å². The lowest BCUT2D eigenvalue weighted by atomic mass is 10.1. The van der Waals surface area contributed by atoms with E-state index >= 15 is 0 Å². The summed E-state index contributed by atoms with van der Waals surface area (Å²) < 4.78 is 25.2. The molecule has 0 atom stereocenters. The first kappa shape index (κ1) is 24.7. The Kier molecular flexibility index (Phi) is 6.86. The van der Waals surface area contributed by atoms with E-state index in [1.807, 2.05) is 49.4 Å². The molecule has 0 aromatic heterocycles. The number of urea groups is 1. The number of nitrogens with one attached hydrogen (secondary N) is 1. The molecule has 0 radical (unpaired) electrons. The molecular formula is C30H23FN2O5. The van der Waals surface area contributed by atoms with Crippen molar-refractivity contribution in [1.29, 1.82) is 0 Å². The molecule has 4 amide bonds. The number of rotatable bonds is 7. The predicted molar refractivity (Wildman–Crippen MR) is 141 cm³/mol. The molecule has 4 aromatic carbocycles. The highest BCUT2D eigenvalue weighted by atomic mass is 19.1. The number of anilines is 1. The first-order valence-electron chi connectivity index (χ1n) is 12.0. The van der Waals surface area contributed by atoms with Gasteiger partial charge in [-0.05, 0) is 71.3 Å². The lowest BCUT2D eigenvalue weighted by Gasteiger charge is -2.26. The third-order valence-electron chi connectivity index (χ3n) is 6.03. The fourth-order valence-electron chi connectivity index (χ4n) is 4.22. The number of barbiturate groups is 1. The van der Waals surface area contributed by atoms with Gasteiger partial charge in [0, 0.05) is 0 Å². The van der Waals surface area contributed by atoms with Gasteiger partial charge in [-0.25, -0.2) is 14.1 Å². The minimum absolute atomic E-state index is 0.138. The van der Waals surface area contributed by atoms with Crippen LogP contribution < -0.4 is 19.7 Å². The molecule has 38 heavy (non-hydrogen) atoms. The summed E-state index contributed by atoms with van der Waals surface area (Å²) in [5.74, 6) is -1.22. The topological polar surface area (TPSA) is 84.9 Å². The summed E-state index contributed by atoms with van der Waals surface area (Å²) in [5, 5.41) is 4.37. The van der Waals surface area contributed by atoms with E-state index in [0.717, 1.165) is 33.4 Å².